The lowest BCUT2D eigenvalue weighted by atomic mass is 9.99. The summed E-state index contributed by atoms with van der Waals surface area (Å²) < 4.78 is 5.28. The van der Waals surface area contributed by atoms with Gasteiger partial charge in [0, 0.05) is 6.04 Å². The van der Waals surface area contributed by atoms with Crippen LogP contribution in [0.3, 0.4) is 0 Å². The van der Waals surface area contributed by atoms with E-state index in [1.165, 1.54) is 16.7 Å². The van der Waals surface area contributed by atoms with Crippen LogP contribution in [0.2, 0.25) is 0 Å². The van der Waals surface area contributed by atoms with Crippen molar-refractivity contribution in [2.75, 3.05) is 7.11 Å². The zero-order chi connectivity index (χ0) is 10.7. The maximum absolute atomic E-state index is 5.78. The van der Waals surface area contributed by atoms with Gasteiger partial charge in [0.05, 0.1) is 7.11 Å². The van der Waals surface area contributed by atoms with Crippen molar-refractivity contribution in [2.45, 2.75) is 33.2 Å². The van der Waals surface area contributed by atoms with Gasteiger partial charge in [-0.15, -0.1) is 0 Å². The first-order valence-corrected chi connectivity index (χ1v) is 4.94. The van der Waals surface area contributed by atoms with Crippen LogP contribution >= 0.6 is 0 Å². The number of benzene rings is 1. The molecule has 0 radical (unpaired) electrons. The number of nitrogens with two attached hydrogens (primary N) is 1. The molecule has 0 spiro atoms. The highest BCUT2D eigenvalue weighted by molar-refractivity contribution is 5.41. The van der Waals surface area contributed by atoms with Gasteiger partial charge in [-0.3, -0.25) is 0 Å². The fraction of sp³-hybridized carbons (Fsp3) is 0.500. The molecule has 14 heavy (non-hydrogen) atoms. The second-order valence-electron chi connectivity index (χ2n) is 3.93. The molecule has 1 rings (SSSR count). The van der Waals surface area contributed by atoms with Gasteiger partial charge in [-0.25, -0.2) is 0 Å². The van der Waals surface area contributed by atoms with Crippen LogP contribution in [0.15, 0.2) is 12.1 Å². The van der Waals surface area contributed by atoms with E-state index >= 15 is 0 Å². The molecule has 1 unspecified atom stereocenters. The van der Waals surface area contributed by atoms with Crippen LogP contribution in [0.4, 0.5) is 0 Å². The molecular weight excluding hydrogens is 174 g/mol. The van der Waals surface area contributed by atoms with E-state index in [0.29, 0.717) is 0 Å². The lowest BCUT2D eigenvalue weighted by molar-refractivity contribution is 0.411. The summed E-state index contributed by atoms with van der Waals surface area (Å²) in [4.78, 5) is 0. The predicted octanol–water partition coefficient (Wildman–Crippen LogP) is 2.20. The Hall–Kier alpha value is -1.02. The molecule has 0 saturated heterocycles. The Kier molecular flexibility index (Phi) is 3.53. The number of hydrogen-bond donors (Lipinski definition) is 1. The first-order valence-electron chi connectivity index (χ1n) is 4.94. The molecule has 1 atom stereocenters. The summed E-state index contributed by atoms with van der Waals surface area (Å²) in [6, 6.07) is 4.44. The van der Waals surface area contributed by atoms with Gasteiger partial charge in [0.1, 0.15) is 5.75 Å². The second kappa shape index (κ2) is 4.47. The number of aryl methyl sites for hydroxylation is 2. The van der Waals surface area contributed by atoms with Crippen LogP contribution in [-0.2, 0) is 6.42 Å². The molecular formula is C12H19NO. The highest BCUT2D eigenvalue weighted by atomic mass is 16.5. The van der Waals surface area contributed by atoms with Gasteiger partial charge in [0.25, 0.3) is 0 Å². The van der Waals surface area contributed by atoms with Crippen molar-refractivity contribution in [3.63, 3.8) is 0 Å². The third-order valence-corrected chi connectivity index (χ3v) is 2.40. The average Bonchev–Trinajstić information content (AvgIpc) is 2.09. The van der Waals surface area contributed by atoms with Crippen molar-refractivity contribution >= 4 is 0 Å². The monoisotopic (exact) mass is 193 g/mol. The molecule has 0 aliphatic rings. The normalized spacial score (nSPS) is 12.6. The van der Waals surface area contributed by atoms with Crippen molar-refractivity contribution in [3.05, 3.63) is 28.8 Å². The van der Waals surface area contributed by atoms with E-state index in [1.54, 1.807) is 7.11 Å². The predicted molar refractivity (Wildman–Crippen MR) is 59.8 cm³/mol. The number of rotatable bonds is 3. The lowest BCUT2D eigenvalue weighted by Crippen LogP contribution is -2.18. The molecule has 0 fully saturated rings. The van der Waals surface area contributed by atoms with Gasteiger partial charge >= 0.3 is 0 Å². The molecule has 0 aliphatic heterocycles. The van der Waals surface area contributed by atoms with E-state index < -0.39 is 0 Å². The van der Waals surface area contributed by atoms with Gasteiger partial charge in [-0.05, 0) is 49.9 Å². The number of ether oxygens (including phenoxy) is 1. The maximum Gasteiger partial charge on any atom is 0.122 e. The molecule has 0 heterocycles. The zero-order valence-electron chi connectivity index (χ0n) is 9.42. The van der Waals surface area contributed by atoms with Crippen LogP contribution in [0.25, 0.3) is 0 Å². The van der Waals surface area contributed by atoms with Crippen LogP contribution in [0.5, 0.6) is 5.75 Å². The number of hydrogen-bond acceptors (Lipinski definition) is 2. The molecule has 0 saturated carbocycles. The standard InChI is InChI=1S/C12H19NO/c1-8-5-9(2)12(14-4)7-11(8)6-10(3)13/h5,7,10H,6,13H2,1-4H3. The Labute approximate surface area is 86.1 Å². The fourth-order valence-electron chi connectivity index (χ4n) is 1.66. The second-order valence-corrected chi connectivity index (χ2v) is 3.93. The minimum atomic E-state index is 0.195. The third kappa shape index (κ3) is 2.48. The van der Waals surface area contributed by atoms with E-state index in [9.17, 15) is 0 Å². The molecule has 0 aromatic heterocycles. The minimum absolute atomic E-state index is 0.195. The number of methoxy groups -OCH3 is 1. The molecule has 1 aromatic carbocycles. The molecule has 0 bridgehead atoms. The lowest BCUT2D eigenvalue weighted by Gasteiger charge is -2.12. The summed E-state index contributed by atoms with van der Waals surface area (Å²) in [5.74, 6) is 0.950. The summed E-state index contributed by atoms with van der Waals surface area (Å²) in [7, 11) is 1.70. The topological polar surface area (TPSA) is 35.2 Å². The van der Waals surface area contributed by atoms with Crippen LogP contribution in [0.1, 0.15) is 23.6 Å². The Bertz CT molecular complexity index is 318. The van der Waals surface area contributed by atoms with Gasteiger partial charge < -0.3 is 10.5 Å². The molecule has 1 aromatic rings. The maximum atomic E-state index is 5.78. The first kappa shape index (κ1) is 11.1. The van der Waals surface area contributed by atoms with Gasteiger partial charge in [0.15, 0.2) is 0 Å². The SMILES string of the molecule is COc1cc(CC(C)N)c(C)cc1C. The quantitative estimate of drug-likeness (QED) is 0.798. The molecule has 78 valence electrons. The van der Waals surface area contributed by atoms with Crippen molar-refractivity contribution < 1.29 is 4.74 Å². The van der Waals surface area contributed by atoms with Gasteiger partial charge in [0.2, 0.25) is 0 Å². The van der Waals surface area contributed by atoms with E-state index in [1.807, 2.05) is 6.92 Å². The highest BCUT2D eigenvalue weighted by Gasteiger charge is 2.06. The first-order chi connectivity index (χ1) is 6.54. The average molecular weight is 193 g/mol. The van der Waals surface area contributed by atoms with Crippen LogP contribution in [-0.4, -0.2) is 13.2 Å². The van der Waals surface area contributed by atoms with Crippen molar-refractivity contribution in [2.24, 2.45) is 5.73 Å². The largest absolute Gasteiger partial charge is 0.496 e. The summed E-state index contributed by atoms with van der Waals surface area (Å²) in [5.41, 5.74) is 9.53. The van der Waals surface area contributed by atoms with E-state index in [4.69, 9.17) is 10.5 Å². The Balaban J connectivity index is 3.04. The van der Waals surface area contributed by atoms with Crippen molar-refractivity contribution in [1.82, 2.24) is 0 Å². The third-order valence-electron chi connectivity index (χ3n) is 2.40. The molecule has 2 nitrogen and oxygen atoms in total. The Morgan fingerprint density at radius 3 is 2.43 bits per heavy atom. The Morgan fingerprint density at radius 2 is 1.93 bits per heavy atom. The zero-order valence-corrected chi connectivity index (χ0v) is 9.42. The molecule has 0 amide bonds. The molecule has 2 N–H and O–H groups in total. The summed E-state index contributed by atoms with van der Waals surface area (Å²) >= 11 is 0. The van der Waals surface area contributed by atoms with E-state index in [-0.39, 0.29) is 6.04 Å². The van der Waals surface area contributed by atoms with Gasteiger partial charge in [-0.1, -0.05) is 6.07 Å². The van der Waals surface area contributed by atoms with Crippen molar-refractivity contribution in [1.29, 1.82) is 0 Å². The smallest absolute Gasteiger partial charge is 0.122 e. The summed E-state index contributed by atoms with van der Waals surface area (Å²) in [6.07, 6.45) is 0.905. The summed E-state index contributed by atoms with van der Waals surface area (Å²) in [6.45, 7) is 6.19. The summed E-state index contributed by atoms with van der Waals surface area (Å²) in [5, 5.41) is 0. The van der Waals surface area contributed by atoms with Crippen LogP contribution in [0, 0.1) is 13.8 Å². The Morgan fingerprint density at radius 1 is 1.29 bits per heavy atom. The fourth-order valence-corrected chi connectivity index (χ4v) is 1.66. The van der Waals surface area contributed by atoms with E-state index in [2.05, 4.69) is 26.0 Å². The minimum Gasteiger partial charge on any atom is -0.496 e. The van der Waals surface area contributed by atoms with Crippen molar-refractivity contribution in [3.8, 4) is 5.75 Å². The molecule has 2 heteroatoms. The highest BCUT2D eigenvalue weighted by Crippen LogP contribution is 2.23. The van der Waals surface area contributed by atoms with E-state index in [0.717, 1.165) is 12.2 Å². The van der Waals surface area contributed by atoms with Crippen LogP contribution < -0.4 is 10.5 Å². The van der Waals surface area contributed by atoms with Gasteiger partial charge in [-0.2, -0.15) is 0 Å². The molecule has 0 aliphatic carbocycles.